The van der Waals surface area contributed by atoms with Gasteiger partial charge in [-0.1, -0.05) is 0 Å². The molecule has 3 saturated heterocycles. The number of rotatable bonds is 12. The molecule has 9 rings (SSSR count). The van der Waals surface area contributed by atoms with Gasteiger partial charge in [0.1, 0.15) is 104 Å². The summed E-state index contributed by atoms with van der Waals surface area (Å²) in [6.45, 7) is -0.00385. The molecule has 3 aliphatic rings. The molecule has 67 heavy (non-hydrogen) atoms. The van der Waals surface area contributed by atoms with E-state index in [1.165, 1.54) is 56.8 Å². The molecule has 366 valence electrons. The lowest BCUT2D eigenvalue weighted by atomic mass is 10.1. The minimum atomic E-state index is -1.22. The van der Waals surface area contributed by atoms with Crippen LogP contribution in [0.5, 0.6) is 0 Å². The van der Waals surface area contributed by atoms with Gasteiger partial charge in [0.15, 0.2) is 53.1 Å². The fourth-order valence-electron chi connectivity index (χ4n) is 7.22. The number of imidazole rings is 3. The molecular weight excluding hydrogens is 931 g/mol. The number of methoxy groups -OCH3 is 2. The van der Waals surface area contributed by atoms with E-state index in [4.69, 9.17) is 40.9 Å². The lowest BCUT2D eigenvalue weighted by molar-refractivity contribution is -0.136. The number of aliphatic hydroxyl groups excluding tert-OH is 5. The van der Waals surface area contributed by atoms with Gasteiger partial charge < -0.3 is 75.9 Å². The first-order chi connectivity index (χ1) is 32.5. The highest BCUT2D eigenvalue weighted by atomic mass is 32.1. The second-order valence-corrected chi connectivity index (χ2v) is 13.8. The third kappa shape index (κ3) is 10.9. The summed E-state index contributed by atoms with van der Waals surface area (Å²) in [4.78, 5) is 56.7. The number of carbonyl (C=O) groups excluding carboxylic acids is 2. The van der Waals surface area contributed by atoms with Crippen molar-refractivity contribution in [1.82, 2.24) is 58.6 Å². The third-order valence-electron chi connectivity index (χ3n) is 10.3. The summed E-state index contributed by atoms with van der Waals surface area (Å²) in [5.41, 5.74) is 19.7. The van der Waals surface area contributed by atoms with E-state index in [-0.39, 0.29) is 43.7 Å². The summed E-state index contributed by atoms with van der Waals surface area (Å²) in [6.07, 6.45) is 1.51. The molecular formula is C36H51N15O14S2. The van der Waals surface area contributed by atoms with Crippen molar-refractivity contribution in [1.29, 1.82) is 0 Å². The van der Waals surface area contributed by atoms with Crippen LogP contribution in [0.1, 0.15) is 18.7 Å². The highest BCUT2D eigenvalue weighted by Crippen LogP contribution is 2.36. The smallest absolute Gasteiger partial charge is 0.293 e. The predicted molar refractivity (Wildman–Crippen MR) is 237 cm³/mol. The SMILES string of the molecule is COC1C(O)C(CO)OC1n1cnc2c(N)ncnc21.COC1C(O)C(COC=O)OC1n1cnc2c(N)ncnc21.CS.CS.Nc1ncnc2c1ncn2C1OC(COC=O)C(O)C1O. The number of ether oxygens (including phenoxy) is 7. The Morgan fingerprint density at radius 2 is 0.896 bits per heavy atom. The van der Waals surface area contributed by atoms with Gasteiger partial charge in [-0.3, -0.25) is 23.3 Å². The topological polar surface area (TPSA) is 409 Å². The van der Waals surface area contributed by atoms with E-state index in [1.807, 2.05) is 0 Å². The molecule has 31 heteroatoms. The maximum absolute atomic E-state index is 10.3. The molecule has 6 aromatic heterocycles. The van der Waals surface area contributed by atoms with Crippen molar-refractivity contribution in [3.8, 4) is 0 Å². The van der Waals surface area contributed by atoms with Crippen LogP contribution < -0.4 is 17.2 Å². The van der Waals surface area contributed by atoms with Gasteiger partial charge in [-0.05, 0) is 12.5 Å². The second kappa shape index (κ2) is 24.4. The number of anilines is 3. The number of thiol groups is 2. The van der Waals surface area contributed by atoms with Crippen LogP contribution in [0.25, 0.3) is 33.5 Å². The van der Waals surface area contributed by atoms with Crippen molar-refractivity contribution in [2.75, 3.05) is 63.8 Å². The summed E-state index contributed by atoms with van der Waals surface area (Å²) >= 11 is 7.06. The Hall–Kier alpha value is -5.71. The van der Waals surface area contributed by atoms with E-state index < -0.39 is 73.6 Å². The maximum Gasteiger partial charge on any atom is 0.293 e. The second-order valence-electron chi connectivity index (χ2n) is 13.8. The van der Waals surface area contributed by atoms with Crippen LogP contribution in [-0.4, -0.2) is 199 Å². The molecule has 0 spiro atoms. The third-order valence-corrected chi connectivity index (χ3v) is 10.3. The average Bonchev–Trinajstić information content (AvgIpc) is 4.22. The Morgan fingerprint density at radius 1 is 0.552 bits per heavy atom. The predicted octanol–water partition coefficient (Wildman–Crippen LogP) is -3.18. The molecule has 0 aliphatic carbocycles. The van der Waals surface area contributed by atoms with Gasteiger partial charge in [0.2, 0.25) is 0 Å². The number of aliphatic hydroxyl groups is 5. The summed E-state index contributed by atoms with van der Waals surface area (Å²) in [5, 5.41) is 49.5. The Bertz CT molecular complexity index is 2510. The molecule has 0 saturated carbocycles. The van der Waals surface area contributed by atoms with Crippen molar-refractivity contribution in [2.45, 2.75) is 73.6 Å². The lowest BCUT2D eigenvalue weighted by Gasteiger charge is -2.19. The average molecular weight is 982 g/mol. The quantitative estimate of drug-likeness (QED) is 0.0427. The molecule has 6 aromatic rings. The fraction of sp³-hybridized carbons (Fsp3) is 0.528. The van der Waals surface area contributed by atoms with Gasteiger partial charge in [0.05, 0.1) is 25.6 Å². The first-order valence-corrected chi connectivity index (χ1v) is 21.4. The standard InChI is InChI=1S/C12H15N5O5.C11H13N5O5.C11H15N5O4.2CH4S/c1-20-9-8(19)6(2-21-5-18)22-12(9)17-4-16-7-10(13)14-3-15-11(7)17;12-9-6-10(14-2-13-9)16(3-15-6)11-8(19)7(18)5(21-11)1-20-4-17;1-19-8-7(18)5(2-17)20-11(8)16-4-15-6-9(12)13-3-14-10(6)16;2*1-2/h3-6,8-9,12,19H,2H2,1H3,(H2,13,14,15);2-5,7-8,11,18-19H,1H2,(H2,12,13,14);3-5,7-8,11,17-18H,2H2,1H3,(H2,12,13,14);2*2H,1H3. The van der Waals surface area contributed by atoms with Gasteiger partial charge >= 0.3 is 0 Å². The number of nitrogen functional groups attached to an aromatic ring is 3. The summed E-state index contributed by atoms with van der Waals surface area (Å²) in [7, 11) is 2.92. The normalized spacial score (nSPS) is 27.4. The summed E-state index contributed by atoms with van der Waals surface area (Å²) < 4.78 is 41.3. The lowest BCUT2D eigenvalue weighted by Crippen LogP contribution is -2.35. The van der Waals surface area contributed by atoms with E-state index in [9.17, 15) is 35.1 Å². The molecule has 29 nitrogen and oxygen atoms in total. The first-order valence-electron chi connectivity index (χ1n) is 19.6. The minimum absolute atomic E-state index is 0.0786. The largest absolute Gasteiger partial charge is 0.465 e. The monoisotopic (exact) mass is 981 g/mol. The zero-order valence-corrected chi connectivity index (χ0v) is 37.9. The van der Waals surface area contributed by atoms with Crippen LogP contribution in [0.3, 0.4) is 0 Å². The van der Waals surface area contributed by atoms with E-state index in [2.05, 4.69) is 79.6 Å². The van der Waals surface area contributed by atoms with Crippen LogP contribution >= 0.6 is 25.3 Å². The highest BCUT2D eigenvalue weighted by Gasteiger charge is 2.47. The van der Waals surface area contributed by atoms with Crippen LogP contribution in [0, 0.1) is 0 Å². The number of nitrogens with zero attached hydrogens (tertiary/aromatic N) is 12. The molecule has 11 N–H and O–H groups in total. The van der Waals surface area contributed by atoms with Gasteiger partial charge in [0, 0.05) is 14.2 Å². The van der Waals surface area contributed by atoms with Gasteiger partial charge in [-0.25, -0.2) is 44.9 Å². The van der Waals surface area contributed by atoms with Crippen LogP contribution in [0.15, 0.2) is 38.0 Å². The molecule has 0 bridgehead atoms. The zero-order chi connectivity index (χ0) is 48.9. The Morgan fingerprint density at radius 3 is 1.27 bits per heavy atom. The Labute approximate surface area is 390 Å². The number of fused-ring (bicyclic) bond motifs is 3. The van der Waals surface area contributed by atoms with Crippen molar-refractivity contribution >= 4 is 89.1 Å². The zero-order valence-electron chi connectivity index (χ0n) is 36.1. The van der Waals surface area contributed by atoms with Gasteiger partial charge in [-0.2, -0.15) is 25.3 Å². The molecule has 9 heterocycles. The van der Waals surface area contributed by atoms with Gasteiger partial charge in [-0.15, -0.1) is 0 Å². The van der Waals surface area contributed by atoms with Crippen molar-refractivity contribution in [3.05, 3.63) is 38.0 Å². The van der Waals surface area contributed by atoms with Crippen molar-refractivity contribution < 1.29 is 68.3 Å². The van der Waals surface area contributed by atoms with Gasteiger partial charge in [0.25, 0.3) is 12.9 Å². The number of hydrogen-bond acceptors (Lipinski definition) is 28. The van der Waals surface area contributed by atoms with E-state index in [0.717, 1.165) is 0 Å². The number of aromatic nitrogens is 12. The fourth-order valence-corrected chi connectivity index (χ4v) is 7.22. The van der Waals surface area contributed by atoms with Crippen LogP contribution in [-0.2, 0) is 42.7 Å². The first kappa shape index (κ1) is 52.3. The minimum Gasteiger partial charge on any atom is -0.465 e. The number of nitrogens with two attached hydrogens (primary N) is 3. The van der Waals surface area contributed by atoms with E-state index in [1.54, 1.807) is 21.6 Å². The molecule has 3 fully saturated rings. The Balaban J connectivity index is 0.000000181. The van der Waals surface area contributed by atoms with Crippen LogP contribution in [0.2, 0.25) is 0 Å². The summed E-state index contributed by atoms with van der Waals surface area (Å²) in [5.74, 6) is 0.713. The van der Waals surface area contributed by atoms with Crippen molar-refractivity contribution in [2.24, 2.45) is 0 Å². The summed E-state index contributed by atoms with van der Waals surface area (Å²) in [6, 6.07) is 0. The highest BCUT2D eigenvalue weighted by molar-refractivity contribution is 7.79. The molecule has 12 atom stereocenters. The van der Waals surface area contributed by atoms with E-state index in [0.29, 0.717) is 40.0 Å². The number of carbonyl (C=O) groups is 2. The van der Waals surface area contributed by atoms with Crippen LogP contribution in [0.4, 0.5) is 17.5 Å². The maximum atomic E-state index is 10.3. The van der Waals surface area contributed by atoms with Crippen molar-refractivity contribution in [3.63, 3.8) is 0 Å². The molecule has 3 aliphatic heterocycles. The molecule has 0 aromatic carbocycles. The molecule has 12 unspecified atom stereocenters. The molecule has 0 radical (unpaired) electrons. The van der Waals surface area contributed by atoms with E-state index >= 15 is 0 Å². The number of hydrogen-bond donors (Lipinski definition) is 10. The molecule has 0 amide bonds. The Kier molecular flexibility index (Phi) is 19.0.